The molecule has 4 heteroatoms. The summed E-state index contributed by atoms with van der Waals surface area (Å²) in [6.07, 6.45) is 6.40. The lowest BCUT2D eigenvalue weighted by molar-refractivity contribution is -0.133. The fraction of sp³-hybridized carbons (Fsp3) is 0.300. The van der Waals surface area contributed by atoms with Crippen LogP contribution in [0.1, 0.15) is 0 Å². The summed E-state index contributed by atoms with van der Waals surface area (Å²) >= 11 is 0. The summed E-state index contributed by atoms with van der Waals surface area (Å²) in [5.74, 6) is -0.762. The predicted octanol–water partition coefficient (Wildman–Crippen LogP) is 0.458. The summed E-state index contributed by atoms with van der Waals surface area (Å²) in [7, 11) is 0. The quantitative estimate of drug-likeness (QED) is 0.670. The number of hydrogen-bond acceptors (Lipinski definition) is 3. The van der Waals surface area contributed by atoms with Gasteiger partial charge in [0.15, 0.2) is 0 Å². The van der Waals surface area contributed by atoms with Crippen LogP contribution in [0, 0.1) is 5.92 Å². The zero-order valence-corrected chi connectivity index (χ0v) is 7.38. The molecule has 1 aliphatic heterocycles. The van der Waals surface area contributed by atoms with E-state index in [0.29, 0.717) is 11.3 Å². The van der Waals surface area contributed by atoms with Gasteiger partial charge in [0.05, 0.1) is 5.92 Å². The van der Waals surface area contributed by atoms with Crippen LogP contribution in [0.15, 0.2) is 35.6 Å². The Hall–Kier alpha value is -1.55. The van der Waals surface area contributed by atoms with Crippen LogP contribution in [-0.2, 0) is 9.53 Å². The second kappa shape index (κ2) is 3.31. The highest BCUT2D eigenvalue weighted by Crippen LogP contribution is 2.32. The largest absolute Gasteiger partial charge is 0.488 e. The van der Waals surface area contributed by atoms with E-state index in [-0.39, 0.29) is 18.6 Å². The van der Waals surface area contributed by atoms with Crippen LogP contribution in [0.2, 0.25) is 0 Å². The molecule has 0 spiro atoms. The van der Waals surface area contributed by atoms with Gasteiger partial charge in [0, 0.05) is 5.57 Å². The van der Waals surface area contributed by atoms with Gasteiger partial charge in [-0.15, -0.1) is 0 Å². The first-order valence-corrected chi connectivity index (χ1v) is 4.32. The molecule has 0 aromatic rings. The molecule has 0 radical (unpaired) electrons. The molecule has 0 amide bonds. The van der Waals surface area contributed by atoms with E-state index < -0.39 is 5.97 Å². The van der Waals surface area contributed by atoms with E-state index in [1.807, 2.05) is 0 Å². The van der Waals surface area contributed by atoms with Gasteiger partial charge in [-0.2, -0.15) is 0 Å². The highest BCUT2D eigenvalue weighted by Gasteiger charge is 2.34. The number of rotatable bonds is 2. The Kier molecular flexibility index (Phi) is 2.13. The van der Waals surface area contributed by atoms with Gasteiger partial charge in [0.2, 0.25) is 0 Å². The number of carboxylic acid groups (broad SMARTS) is 1. The van der Waals surface area contributed by atoms with E-state index in [4.69, 9.17) is 14.9 Å². The van der Waals surface area contributed by atoms with Crippen LogP contribution in [-0.4, -0.2) is 28.9 Å². The average molecular weight is 194 g/mol. The Morgan fingerprint density at radius 2 is 2.36 bits per heavy atom. The summed E-state index contributed by atoms with van der Waals surface area (Å²) in [6, 6.07) is 0. The molecule has 2 rings (SSSR count). The Labute approximate surface area is 80.8 Å². The zero-order chi connectivity index (χ0) is 10.1. The molecule has 0 aromatic heterocycles. The average Bonchev–Trinajstić information content (AvgIpc) is 2.59. The molecule has 0 saturated carbocycles. The molecule has 2 atom stereocenters. The maximum absolute atomic E-state index is 10.8. The number of aliphatic carboxylic acids is 1. The van der Waals surface area contributed by atoms with Crippen molar-refractivity contribution in [3.63, 3.8) is 0 Å². The molecule has 74 valence electrons. The number of allylic oxidation sites excluding steroid dienone is 2. The Morgan fingerprint density at radius 3 is 3.00 bits per heavy atom. The number of ether oxygens (including phenoxy) is 1. The molecule has 1 aliphatic carbocycles. The van der Waals surface area contributed by atoms with Crippen LogP contribution in [0.4, 0.5) is 0 Å². The molecule has 0 fully saturated rings. The van der Waals surface area contributed by atoms with Crippen LogP contribution in [0.25, 0.3) is 0 Å². The minimum atomic E-state index is -0.941. The first-order chi connectivity index (χ1) is 6.72. The lowest BCUT2D eigenvalue weighted by atomic mass is 9.90. The molecule has 2 aliphatic rings. The Morgan fingerprint density at radius 1 is 1.57 bits per heavy atom. The van der Waals surface area contributed by atoms with E-state index >= 15 is 0 Å². The van der Waals surface area contributed by atoms with Crippen molar-refractivity contribution >= 4 is 5.97 Å². The van der Waals surface area contributed by atoms with Gasteiger partial charge in [0.25, 0.3) is 0 Å². The van der Waals surface area contributed by atoms with Crippen molar-refractivity contribution in [3.8, 4) is 0 Å². The standard InChI is InChI=1S/C10H10O4/c11-5-6-4-8-7(10(12)13)2-1-3-9(8)14-6/h1-4,8-9,11H,5H2,(H,12,13). The highest BCUT2D eigenvalue weighted by atomic mass is 16.5. The number of fused-ring (bicyclic) bond motifs is 1. The Balaban J connectivity index is 2.29. The number of carbonyl (C=O) groups is 1. The van der Waals surface area contributed by atoms with Crippen molar-refractivity contribution in [1.29, 1.82) is 0 Å². The van der Waals surface area contributed by atoms with Crippen LogP contribution >= 0.6 is 0 Å². The zero-order valence-electron chi connectivity index (χ0n) is 7.38. The lowest BCUT2D eigenvalue weighted by Gasteiger charge is -2.18. The van der Waals surface area contributed by atoms with E-state index in [1.54, 1.807) is 24.3 Å². The van der Waals surface area contributed by atoms with Crippen LogP contribution in [0.3, 0.4) is 0 Å². The summed E-state index contributed by atoms with van der Waals surface area (Å²) in [4.78, 5) is 10.8. The summed E-state index contributed by atoms with van der Waals surface area (Å²) < 4.78 is 5.32. The monoisotopic (exact) mass is 194 g/mol. The first kappa shape index (κ1) is 9.02. The molecule has 2 N–H and O–H groups in total. The molecule has 0 saturated heterocycles. The van der Waals surface area contributed by atoms with Gasteiger partial charge in [-0.05, 0) is 12.2 Å². The van der Waals surface area contributed by atoms with Crippen molar-refractivity contribution in [2.24, 2.45) is 5.92 Å². The minimum Gasteiger partial charge on any atom is -0.488 e. The fourth-order valence-electron chi connectivity index (χ4n) is 1.69. The van der Waals surface area contributed by atoms with Crippen LogP contribution in [0.5, 0.6) is 0 Å². The van der Waals surface area contributed by atoms with Gasteiger partial charge >= 0.3 is 5.97 Å². The predicted molar refractivity (Wildman–Crippen MR) is 48.4 cm³/mol. The maximum atomic E-state index is 10.8. The summed E-state index contributed by atoms with van der Waals surface area (Å²) in [5, 5.41) is 17.7. The molecular weight excluding hydrogens is 184 g/mol. The molecule has 1 heterocycles. The highest BCUT2D eigenvalue weighted by molar-refractivity contribution is 5.88. The van der Waals surface area contributed by atoms with Crippen LogP contribution < -0.4 is 0 Å². The first-order valence-electron chi connectivity index (χ1n) is 4.32. The second-order valence-corrected chi connectivity index (χ2v) is 3.21. The van der Waals surface area contributed by atoms with Gasteiger partial charge in [0.1, 0.15) is 18.5 Å². The third-order valence-corrected chi connectivity index (χ3v) is 2.35. The molecule has 0 aromatic carbocycles. The smallest absolute Gasteiger partial charge is 0.332 e. The van der Waals surface area contributed by atoms with E-state index in [2.05, 4.69) is 0 Å². The number of carboxylic acids is 1. The molecule has 2 unspecified atom stereocenters. The van der Waals surface area contributed by atoms with E-state index in [9.17, 15) is 4.79 Å². The number of aliphatic hydroxyl groups is 1. The Bertz CT molecular complexity index is 351. The molecular formula is C10H10O4. The minimum absolute atomic E-state index is 0.187. The molecule has 14 heavy (non-hydrogen) atoms. The third-order valence-electron chi connectivity index (χ3n) is 2.35. The summed E-state index contributed by atoms with van der Waals surface area (Å²) in [5.41, 5.74) is 0.306. The van der Waals surface area contributed by atoms with Crippen molar-refractivity contribution in [2.75, 3.05) is 6.61 Å². The van der Waals surface area contributed by atoms with Gasteiger partial charge < -0.3 is 14.9 Å². The number of aliphatic hydroxyl groups excluding tert-OH is 1. The SMILES string of the molecule is O=C(O)C1=CC=CC2OC(CO)=CC12. The maximum Gasteiger partial charge on any atom is 0.332 e. The van der Waals surface area contributed by atoms with Crippen molar-refractivity contribution in [2.45, 2.75) is 6.10 Å². The third kappa shape index (κ3) is 1.33. The van der Waals surface area contributed by atoms with Gasteiger partial charge in [-0.1, -0.05) is 12.2 Å². The van der Waals surface area contributed by atoms with Crippen molar-refractivity contribution in [3.05, 3.63) is 35.6 Å². The summed E-state index contributed by atoms with van der Waals surface area (Å²) in [6.45, 7) is -0.187. The lowest BCUT2D eigenvalue weighted by Crippen LogP contribution is -2.22. The van der Waals surface area contributed by atoms with Crippen molar-refractivity contribution in [1.82, 2.24) is 0 Å². The van der Waals surface area contributed by atoms with Gasteiger partial charge in [-0.25, -0.2) is 4.79 Å². The fourth-order valence-corrected chi connectivity index (χ4v) is 1.69. The number of hydrogen-bond donors (Lipinski definition) is 2. The molecule has 0 bridgehead atoms. The van der Waals surface area contributed by atoms with E-state index in [0.717, 1.165) is 0 Å². The topological polar surface area (TPSA) is 66.8 Å². The normalized spacial score (nSPS) is 28.9. The van der Waals surface area contributed by atoms with Gasteiger partial charge in [-0.3, -0.25) is 0 Å². The molecule has 4 nitrogen and oxygen atoms in total. The second-order valence-electron chi connectivity index (χ2n) is 3.21. The van der Waals surface area contributed by atoms with Crippen molar-refractivity contribution < 1.29 is 19.7 Å². The van der Waals surface area contributed by atoms with E-state index in [1.165, 1.54) is 0 Å².